The number of carbonyl (C=O) groups excluding carboxylic acids is 1. The number of aliphatic imine (C=N–C) groups is 1. The molecule has 1 aromatic carbocycles. The van der Waals surface area contributed by atoms with E-state index >= 15 is 0 Å². The third-order valence-electron chi connectivity index (χ3n) is 5.42. The molecular formula is C23H20F3N5O2. The molecule has 10 heteroatoms. The molecule has 0 saturated heterocycles. The zero-order valence-electron chi connectivity index (χ0n) is 17.6. The zero-order chi connectivity index (χ0) is 23.8. The summed E-state index contributed by atoms with van der Waals surface area (Å²) in [5.74, 6) is -1.11. The van der Waals surface area contributed by atoms with E-state index in [1.807, 2.05) is 6.07 Å². The summed E-state index contributed by atoms with van der Waals surface area (Å²) in [7, 11) is 0. The number of amides is 1. The molecule has 2 aromatic rings. The van der Waals surface area contributed by atoms with Crippen LogP contribution in [0, 0.1) is 17.1 Å². The van der Waals surface area contributed by atoms with Crippen LogP contribution in [0.15, 0.2) is 47.3 Å². The van der Waals surface area contributed by atoms with Crippen molar-refractivity contribution in [3.8, 4) is 6.07 Å². The van der Waals surface area contributed by atoms with Gasteiger partial charge < -0.3 is 15.8 Å². The molecule has 3 N–H and O–H groups in total. The summed E-state index contributed by atoms with van der Waals surface area (Å²) >= 11 is 0. The van der Waals surface area contributed by atoms with E-state index < -0.39 is 30.1 Å². The second kappa shape index (κ2) is 8.58. The van der Waals surface area contributed by atoms with Crippen molar-refractivity contribution in [1.82, 2.24) is 4.98 Å². The summed E-state index contributed by atoms with van der Waals surface area (Å²) in [4.78, 5) is 21.2. The number of nitrogens with one attached hydrogen (secondary N) is 1. The van der Waals surface area contributed by atoms with E-state index in [2.05, 4.69) is 15.3 Å². The van der Waals surface area contributed by atoms with Gasteiger partial charge in [0, 0.05) is 17.4 Å². The summed E-state index contributed by atoms with van der Waals surface area (Å²) in [6.45, 7) is 1.51. The van der Waals surface area contributed by atoms with Crippen LogP contribution in [0.25, 0.3) is 0 Å². The van der Waals surface area contributed by atoms with Gasteiger partial charge in [0.05, 0.1) is 12.0 Å². The van der Waals surface area contributed by atoms with Gasteiger partial charge in [-0.3, -0.25) is 4.79 Å². The zero-order valence-corrected chi connectivity index (χ0v) is 17.6. The topological polar surface area (TPSA) is 113 Å². The Kier molecular flexibility index (Phi) is 5.80. The summed E-state index contributed by atoms with van der Waals surface area (Å²) in [5.41, 5.74) is 5.78. The van der Waals surface area contributed by atoms with Gasteiger partial charge in [-0.25, -0.2) is 23.1 Å². The predicted molar refractivity (Wildman–Crippen MR) is 114 cm³/mol. The first-order chi connectivity index (χ1) is 15.7. The van der Waals surface area contributed by atoms with Crippen LogP contribution in [0.1, 0.15) is 59.3 Å². The highest BCUT2D eigenvalue weighted by atomic mass is 19.3. The highest BCUT2D eigenvalue weighted by Crippen LogP contribution is 2.42. The highest BCUT2D eigenvalue weighted by molar-refractivity contribution is 6.04. The number of aromatic nitrogens is 1. The number of nitrogens with zero attached hydrogens (tertiary/aromatic N) is 3. The van der Waals surface area contributed by atoms with Crippen molar-refractivity contribution in [2.24, 2.45) is 10.7 Å². The summed E-state index contributed by atoms with van der Waals surface area (Å²) < 4.78 is 45.5. The van der Waals surface area contributed by atoms with Crippen LogP contribution in [0.3, 0.4) is 0 Å². The second-order valence-electron chi connectivity index (χ2n) is 8.10. The van der Waals surface area contributed by atoms with Crippen LogP contribution >= 0.6 is 0 Å². The molecule has 0 radical (unpaired) electrons. The number of pyridine rings is 1. The van der Waals surface area contributed by atoms with Crippen LogP contribution in [0.4, 0.5) is 18.9 Å². The lowest BCUT2D eigenvalue weighted by molar-refractivity contribution is 0.102. The number of nitrogens with two attached hydrogens (primary N) is 1. The van der Waals surface area contributed by atoms with Crippen LogP contribution in [-0.4, -0.2) is 23.3 Å². The van der Waals surface area contributed by atoms with E-state index in [1.54, 1.807) is 6.07 Å². The number of carbonyl (C=O) groups is 1. The molecule has 4 rings (SSSR count). The Bertz CT molecular complexity index is 1220. The number of alkyl halides is 2. The largest absolute Gasteiger partial charge is 0.431 e. The molecule has 1 fully saturated rings. The van der Waals surface area contributed by atoms with Crippen molar-refractivity contribution in [1.29, 1.82) is 5.26 Å². The lowest BCUT2D eigenvalue weighted by Crippen LogP contribution is -2.31. The molecule has 0 unspecified atom stereocenters. The van der Waals surface area contributed by atoms with Gasteiger partial charge in [0.25, 0.3) is 11.9 Å². The fraction of sp³-hybridized carbons (Fsp3) is 0.304. The molecule has 1 atom stereocenters. The number of anilines is 1. The molecule has 2 heterocycles. The van der Waals surface area contributed by atoms with Crippen molar-refractivity contribution in [3.05, 3.63) is 70.5 Å². The number of rotatable bonds is 6. The molecule has 1 aliphatic heterocycles. The SMILES string of the molecule is C[C@@]1(c2cc(NC(=O)c3ncc(C#N)cc3C3CC3)ccc2F)C=C(CC(F)F)OC(N)=N1. The highest BCUT2D eigenvalue weighted by Gasteiger charge is 2.34. The minimum Gasteiger partial charge on any atom is -0.431 e. The maximum atomic E-state index is 14.8. The Balaban J connectivity index is 1.65. The fourth-order valence-corrected chi connectivity index (χ4v) is 3.77. The van der Waals surface area contributed by atoms with E-state index in [0.29, 0.717) is 11.1 Å². The van der Waals surface area contributed by atoms with Gasteiger partial charge in [0.2, 0.25) is 6.43 Å². The van der Waals surface area contributed by atoms with Gasteiger partial charge in [-0.15, -0.1) is 0 Å². The van der Waals surface area contributed by atoms with E-state index in [1.165, 1.54) is 31.3 Å². The minimum atomic E-state index is -2.68. The molecule has 0 bridgehead atoms. The van der Waals surface area contributed by atoms with E-state index in [0.717, 1.165) is 18.9 Å². The van der Waals surface area contributed by atoms with Crippen molar-refractivity contribution >= 4 is 17.6 Å². The smallest absolute Gasteiger partial charge is 0.288 e. The summed E-state index contributed by atoms with van der Waals surface area (Å²) in [5, 5.41) is 11.8. The van der Waals surface area contributed by atoms with Crippen LogP contribution in [0.5, 0.6) is 0 Å². The average Bonchev–Trinajstić information content (AvgIpc) is 3.58. The Morgan fingerprint density at radius 3 is 2.82 bits per heavy atom. The molecule has 1 saturated carbocycles. The van der Waals surface area contributed by atoms with Crippen molar-refractivity contribution < 1.29 is 22.7 Å². The molecule has 1 amide bonds. The van der Waals surface area contributed by atoms with Crippen molar-refractivity contribution in [3.63, 3.8) is 0 Å². The first-order valence-corrected chi connectivity index (χ1v) is 10.2. The standard InChI is InChI=1S/C23H20F3N5O2/c1-23(9-15(8-19(25)26)33-22(28)31-23)17-7-14(4-5-18(17)24)30-21(32)20-16(13-2-3-13)6-12(10-27)11-29-20/h4-7,9,11,13,19H,2-3,8H2,1H3,(H2,28,31)(H,30,32)/t23-/m0/s1. The van der Waals surface area contributed by atoms with E-state index in [4.69, 9.17) is 15.7 Å². The fourth-order valence-electron chi connectivity index (χ4n) is 3.77. The Labute approximate surface area is 187 Å². The summed E-state index contributed by atoms with van der Waals surface area (Å²) in [6, 6.07) is 7.20. The third-order valence-corrected chi connectivity index (χ3v) is 5.42. The molecule has 0 spiro atoms. The molecule has 33 heavy (non-hydrogen) atoms. The van der Waals surface area contributed by atoms with Gasteiger partial charge in [-0.2, -0.15) is 5.26 Å². The van der Waals surface area contributed by atoms with Gasteiger partial charge in [0.1, 0.15) is 28.9 Å². The first kappa shape index (κ1) is 22.3. The minimum absolute atomic E-state index is 0.0218. The van der Waals surface area contributed by atoms with Crippen LogP contribution in [-0.2, 0) is 10.3 Å². The van der Waals surface area contributed by atoms with Gasteiger partial charge in [-0.05, 0) is 61.6 Å². The van der Waals surface area contributed by atoms with Crippen LogP contribution in [0.2, 0.25) is 0 Å². The predicted octanol–water partition coefficient (Wildman–Crippen LogP) is 4.32. The van der Waals surface area contributed by atoms with Gasteiger partial charge >= 0.3 is 0 Å². The number of ether oxygens (including phenoxy) is 1. The second-order valence-corrected chi connectivity index (χ2v) is 8.10. The number of allylic oxidation sites excluding steroid dienone is 1. The molecule has 170 valence electrons. The molecule has 7 nitrogen and oxygen atoms in total. The molecule has 1 aromatic heterocycles. The summed E-state index contributed by atoms with van der Waals surface area (Å²) in [6.07, 6.45) is 1.05. The monoisotopic (exact) mass is 455 g/mol. The number of hydrogen-bond donors (Lipinski definition) is 2. The third kappa shape index (κ3) is 4.82. The number of hydrogen-bond acceptors (Lipinski definition) is 6. The number of halogens is 3. The normalized spacial score (nSPS) is 19.9. The number of amidine groups is 1. The maximum absolute atomic E-state index is 14.8. The lowest BCUT2D eigenvalue weighted by Gasteiger charge is -2.28. The van der Waals surface area contributed by atoms with Gasteiger partial charge in [-0.1, -0.05) is 0 Å². The quantitative estimate of drug-likeness (QED) is 0.673. The number of nitriles is 1. The van der Waals surface area contributed by atoms with Crippen molar-refractivity contribution in [2.75, 3.05) is 5.32 Å². The average molecular weight is 455 g/mol. The Morgan fingerprint density at radius 1 is 1.39 bits per heavy atom. The Hall–Kier alpha value is -3.87. The van der Waals surface area contributed by atoms with Crippen LogP contribution < -0.4 is 11.1 Å². The van der Waals surface area contributed by atoms with Crippen molar-refractivity contribution in [2.45, 2.75) is 44.1 Å². The lowest BCUT2D eigenvalue weighted by atomic mass is 9.90. The van der Waals surface area contributed by atoms with E-state index in [9.17, 15) is 18.0 Å². The van der Waals surface area contributed by atoms with Gasteiger partial charge in [0.15, 0.2) is 0 Å². The van der Waals surface area contributed by atoms with E-state index in [-0.39, 0.29) is 34.6 Å². The maximum Gasteiger partial charge on any atom is 0.288 e. The molecule has 1 aliphatic carbocycles. The Morgan fingerprint density at radius 2 is 2.15 bits per heavy atom. The first-order valence-electron chi connectivity index (χ1n) is 10.2. The molecule has 2 aliphatic rings. The number of benzene rings is 1. The molecular weight excluding hydrogens is 435 g/mol.